The Morgan fingerprint density at radius 1 is 1.44 bits per heavy atom. The molecule has 1 aromatic rings. The second-order valence-corrected chi connectivity index (χ2v) is 5.77. The third-order valence-electron chi connectivity index (χ3n) is 2.70. The van der Waals surface area contributed by atoms with Crippen LogP contribution in [0.3, 0.4) is 0 Å². The van der Waals surface area contributed by atoms with Crippen LogP contribution in [0.4, 0.5) is 5.69 Å². The molecule has 0 amide bonds. The van der Waals surface area contributed by atoms with Crippen molar-refractivity contribution in [3.8, 4) is 0 Å². The Hall–Kier alpha value is -1.35. The van der Waals surface area contributed by atoms with E-state index in [0.717, 1.165) is 30.6 Å². The van der Waals surface area contributed by atoms with Crippen molar-refractivity contribution in [2.45, 2.75) is 46.1 Å². The molecule has 3 nitrogen and oxygen atoms in total. The van der Waals surface area contributed by atoms with Crippen LogP contribution in [0.25, 0.3) is 0 Å². The molecule has 0 atom stereocenters. The summed E-state index contributed by atoms with van der Waals surface area (Å²) in [5, 5.41) is 3.47. The zero-order valence-electron chi connectivity index (χ0n) is 12.0. The summed E-state index contributed by atoms with van der Waals surface area (Å²) in [4.78, 5) is 4.11. The van der Waals surface area contributed by atoms with Gasteiger partial charge in [-0.15, -0.1) is 0 Å². The van der Waals surface area contributed by atoms with Crippen LogP contribution in [0, 0.1) is 0 Å². The zero-order chi connectivity index (χ0) is 13.6. The van der Waals surface area contributed by atoms with Gasteiger partial charge in [0.2, 0.25) is 0 Å². The van der Waals surface area contributed by atoms with Crippen molar-refractivity contribution in [3.05, 3.63) is 35.7 Å². The highest BCUT2D eigenvalue weighted by molar-refractivity contribution is 5.45. The van der Waals surface area contributed by atoms with Gasteiger partial charge < -0.3 is 11.1 Å². The average molecular weight is 247 g/mol. The lowest BCUT2D eigenvalue weighted by atomic mass is 10.1. The molecule has 0 saturated carbocycles. The van der Waals surface area contributed by atoms with E-state index in [0.29, 0.717) is 0 Å². The van der Waals surface area contributed by atoms with E-state index in [1.165, 1.54) is 5.57 Å². The van der Waals surface area contributed by atoms with Crippen LogP contribution in [0.1, 0.15) is 39.7 Å². The van der Waals surface area contributed by atoms with E-state index < -0.39 is 0 Å². The summed E-state index contributed by atoms with van der Waals surface area (Å²) in [6.07, 6.45) is 7.77. The summed E-state index contributed by atoms with van der Waals surface area (Å²) in [5.41, 5.74) is 9.36. The fourth-order valence-electron chi connectivity index (χ4n) is 1.72. The quantitative estimate of drug-likeness (QED) is 0.621. The Bertz CT molecular complexity index is 402. The van der Waals surface area contributed by atoms with Gasteiger partial charge in [0.25, 0.3) is 0 Å². The average Bonchev–Trinajstić information content (AvgIpc) is 2.26. The lowest BCUT2D eigenvalue weighted by Crippen LogP contribution is -2.36. The molecule has 0 aliphatic rings. The smallest absolute Gasteiger partial charge is 0.0380 e. The van der Waals surface area contributed by atoms with Crippen LogP contribution < -0.4 is 11.1 Å². The maximum absolute atomic E-state index is 5.90. The van der Waals surface area contributed by atoms with E-state index in [9.17, 15) is 0 Å². The molecule has 0 fully saturated rings. The van der Waals surface area contributed by atoms with Crippen molar-refractivity contribution in [2.75, 3.05) is 12.3 Å². The molecule has 0 aliphatic heterocycles. The molecule has 0 unspecified atom stereocenters. The first-order chi connectivity index (χ1) is 8.38. The Balaban J connectivity index is 2.41. The van der Waals surface area contributed by atoms with Gasteiger partial charge in [-0.25, -0.2) is 0 Å². The molecule has 3 heteroatoms. The predicted molar refractivity (Wildman–Crippen MR) is 78.5 cm³/mol. The largest absolute Gasteiger partial charge is 0.398 e. The first kappa shape index (κ1) is 14.7. The first-order valence-electron chi connectivity index (χ1n) is 6.47. The number of nitrogens with zero attached hydrogens (tertiary/aromatic N) is 1. The zero-order valence-corrected chi connectivity index (χ0v) is 12.0. The third kappa shape index (κ3) is 5.82. The molecule has 3 N–H and O–H groups in total. The molecule has 1 aromatic heterocycles. The minimum atomic E-state index is 0.190. The van der Waals surface area contributed by atoms with Crippen molar-refractivity contribution >= 4 is 5.69 Å². The predicted octanol–water partition coefficient (Wildman–Crippen LogP) is 2.93. The summed E-state index contributed by atoms with van der Waals surface area (Å²) in [6, 6.07) is 1.85. The lowest BCUT2D eigenvalue weighted by molar-refractivity contribution is 0.431. The number of anilines is 1. The van der Waals surface area contributed by atoms with E-state index in [-0.39, 0.29) is 5.54 Å². The minimum absolute atomic E-state index is 0.190. The van der Waals surface area contributed by atoms with Crippen LogP contribution in [0.5, 0.6) is 0 Å². The Kier molecular flexibility index (Phi) is 5.35. The normalized spacial score (nSPS) is 12.8. The number of nitrogens with one attached hydrogen (secondary N) is 1. The van der Waals surface area contributed by atoms with E-state index >= 15 is 0 Å². The maximum atomic E-state index is 5.90. The van der Waals surface area contributed by atoms with Gasteiger partial charge in [-0.05, 0) is 58.7 Å². The molecule has 0 saturated heterocycles. The topological polar surface area (TPSA) is 50.9 Å². The maximum Gasteiger partial charge on any atom is 0.0380 e. The van der Waals surface area contributed by atoms with Crippen LogP contribution in [-0.4, -0.2) is 17.1 Å². The van der Waals surface area contributed by atoms with E-state index in [1.807, 2.05) is 12.3 Å². The number of aromatic nitrogens is 1. The fourth-order valence-corrected chi connectivity index (χ4v) is 1.72. The van der Waals surface area contributed by atoms with Gasteiger partial charge in [0.1, 0.15) is 0 Å². The molecular weight excluding hydrogens is 222 g/mol. The highest BCUT2D eigenvalue weighted by Gasteiger charge is 2.06. The van der Waals surface area contributed by atoms with Gasteiger partial charge in [-0.2, -0.15) is 0 Å². The van der Waals surface area contributed by atoms with Gasteiger partial charge in [0.05, 0.1) is 0 Å². The van der Waals surface area contributed by atoms with Gasteiger partial charge in [0, 0.05) is 23.6 Å². The molecule has 0 spiro atoms. The van der Waals surface area contributed by atoms with Crippen molar-refractivity contribution < 1.29 is 0 Å². The second-order valence-electron chi connectivity index (χ2n) is 5.77. The monoisotopic (exact) mass is 247 g/mol. The van der Waals surface area contributed by atoms with Gasteiger partial charge in [0.15, 0.2) is 0 Å². The van der Waals surface area contributed by atoms with Crippen LogP contribution in [-0.2, 0) is 6.42 Å². The van der Waals surface area contributed by atoms with Gasteiger partial charge in [-0.1, -0.05) is 11.6 Å². The standard InChI is InChI=1S/C15H25N3/c1-12(6-5-8-18-15(2,3)4)10-13-11-17-9-7-14(13)16/h6-7,9,11,18H,5,8,10H2,1-4H3,(H2,16,17). The summed E-state index contributed by atoms with van der Waals surface area (Å²) < 4.78 is 0. The summed E-state index contributed by atoms with van der Waals surface area (Å²) in [6.45, 7) is 9.69. The summed E-state index contributed by atoms with van der Waals surface area (Å²) in [5.74, 6) is 0. The lowest BCUT2D eigenvalue weighted by Gasteiger charge is -2.19. The van der Waals surface area contributed by atoms with Crippen LogP contribution in [0.2, 0.25) is 0 Å². The molecule has 0 radical (unpaired) electrons. The molecule has 100 valence electrons. The first-order valence-corrected chi connectivity index (χ1v) is 6.47. The van der Waals surface area contributed by atoms with Crippen molar-refractivity contribution in [2.24, 2.45) is 0 Å². The van der Waals surface area contributed by atoms with E-state index in [1.54, 1.807) is 6.20 Å². The number of nitrogens with two attached hydrogens (primary N) is 1. The molecular formula is C15H25N3. The van der Waals surface area contributed by atoms with E-state index in [2.05, 4.69) is 44.1 Å². The molecule has 1 heterocycles. The number of pyridine rings is 1. The highest BCUT2D eigenvalue weighted by Crippen LogP contribution is 2.14. The van der Waals surface area contributed by atoms with Gasteiger partial charge in [-0.3, -0.25) is 4.98 Å². The number of rotatable bonds is 5. The Labute approximate surface area is 111 Å². The van der Waals surface area contributed by atoms with Crippen LogP contribution >= 0.6 is 0 Å². The van der Waals surface area contributed by atoms with Crippen molar-refractivity contribution in [1.29, 1.82) is 0 Å². The van der Waals surface area contributed by atoms with Gasteiger partial charge >= 0.3 is 0 Å². The van der Waals surface area contributed by atoms with Crippen molar-refractivity contribution in [3.63, 3.8) is 0 Å². The number of hydrogen-bond acceptors (Lipinski definition) is 3. The minimum Gasteiger partial charge on any atom is -0.398 e. The number of allylic oxidation sites excluding steroid dienone is 1. The SMILES string of the molecule is CC(=CCCNC(C)(C)C)Cc1cnccc1N. The van der Waals surface area contributed by atoms with Crippen molar-refractivity contribution in [1.82, 2.24) is 10.3 Å². The second kappa shape index (κ2) is 6.55. The number of hydrogen-bond donors (Lipinski definition) is 2. The molecule has 0 aromatic carbocycles. The Morgan fingerprint density at radius 3 is 2.78 bits per heavy atom. The summed E-state index contributed by atoms with van der Waals surface area (Å²) >= 11 is 0. The number of nitrogen functional groups attached to an aromatic ring is 1. The molecule has 0 aliphatic carbocycles. The highest BCUT2D eigenvalue weighted by atomic mass is 14.9. The molecule has 0 bridgehead atoms. The molecule has 1 rings (SSSR count). The fraction of sp³-hybridized carbons (Fsp3) is 0.533. The molecule has 18 heavy (non-hydrogen) atoms. The van der Waals surface area contributed by atoms with Crippen LogP contribution in [0.15, 0.2) is 30.1 Å². The Morgan fingerprint density at radius 2 is 2.17 bits per heavy atom. The van der Waals surface area contributed by atoms with E-state index in [4.69, 9.17) is 5.73 Å². The summed E-state index contributed by atoms with van der Waals surface area (Å²) in [7, 11) is 0. The third-order valence-corrected chi connectivity index (χ3v) is 2.70.